The molecule has 8 heteroatoms. The van der Waals surface area contributed by atoms with Crippen molar-refractivity contribution < 1.29 is 13.9 Å². The molecule has 4 aromatic rings. The summed E-state index contributed by atoms with van der Waals surface area (Å²) < 4.78 is 20.7. The zero-order chi connectivity index (χ0) is 21.6. The van der Waals surface area contributed by atoms with Crippen LogP contribution in [0.3, 0.4) is 0 Å². The number of carbonyl (C=O) groups excluding carboxylic acids is 1. The number of amides is 1. The summed E-state index contributed by atoms with van der Waals surface area (Å²) >= 11 is 1.56. The number of halogens is 1. The average Bonchev–Trinajstić information content (AvgIpc) is 3.27. The van der Waals surface area contributed by atoms with Crippen molar-refractivity contribution in [2.75, 3.05) is 6.26 Å². The zero-order valence-electron chi connectivity index (χ0n) is 16.7. The van der Waals surface area contributed by atoms with Crippen LogP contribution in [0, 0.1) is 5.82 Å². The van der Waals surface area contributed by atoms with Gasteiger partial charge in [-0.3, -0.25) is 9.36 Å². The Balaban J connectivity index is 1.34. The van der Waals surface area contributed by atoms with Crippen LogP contribution in [-0.4, -0.2) is 26.7 Å². The standard InChI is InChI=1S/C23H19FN4O2S/c1-31-23-25-11-12-28(23)19-8-6-17(7-9-19)22(29)27-15-16-5-10-21(26-14-16)30-20-4-2-3-18(24)13-20/h2-14H,15H2,1H3,(H,27,29). The second-order valence-electron chi connectivity index (χ2n) is 6.58. The van der Waals surface area contributed by atoms with Crippen LogP contribution >= 0.6 is 11.8 Å². The Labute approximate surface area is 183 Å². The third-order valence-electron chi connectivity index (χ3n) is 4.47. The van der Waals surface area contributed by atoms with Gasteiger partial charge in [0.1, 0.15) is 11.6 Å². The van der Waals surface area contributed by atoms with Gasteiger partial charge >= 0.3 is 0 Å². The predicted molar refractivity (Wildman–Crippen MR) is 117 cm³/mol. The Morgan fingerprint density at radius 3 is 2.68 bits per heavy atom. The molecule has 0 fully saturated rings. The summed E-state index contributed by atoms with van der Waals surface area (Å²) in [7, 11) is 0. The van der Waals surface area contributed by atoms with Crippen LogP contribution in [0.4, 0.5) is 4.39 Å². The van der Waals surface area contributed by atoms with Crippen LogP contribution in [0.1, 0.15) is 15.9 Å². The van der Waals surface area contributed by atoms with E-state index in [-0.39, 0.29) is 11.7 Å². The van der Waals surface area contributed by atoms with Crippen molar-refractivity contribution in [1.29, 1.82) is 0 Å². The lowest BCUT2D eigenvalue weighted by molar-refractivity contribution is 0.0951. The lowest BCUT2D eigenvalue weighted by atomic mass is 10.2. The molecule has 0 atom stereocenters. The highest BCUT2D eigenvalue weighted by atomic mass is 32.2. The first-order valence-corrected chi connectivity index (χ1v) is 10.7. The van der Waals surface area contributed by atoms with E-state index >= 15 is 0 Å². The number of rotatable bonds is 7. The van der Waals surface area contributed by atoms with Gasteiger partial charge in [0, 0.05) is 48.5 Å². The highest BCUT2D eigenvalue weighted by molar-refractivity contribution is 7.98. The van der Waals surface area contributed by atoms with E-state index in [4.69, 9.17) is 4.74 Å². The van der Waals surface area contributed by atoms with Gasteiger partial charge in [-0.05, 0) is 48.2 Å². The lowest BCUT2D eigenvalue weighted by Crippen LogP contribution is -2.22. The van der Waals surface area contributed by atoms with Crippen LogP contribution < -0.4 is 10.1 Å². The number of hydrogen-bond acceptors (Lipinski definition) is 5. The quantitative estimate of drug-likeness (QED) is 0.421. The SMILES string of the molecule is CSc1nccn1-c1ccc(C(=O)NCc2ccc(Oc3cccc(F)c3)nc2)cc1. The van der Waals surface area contributed by atoms with Crippen molar-refractivity contribution in [1.82, 2.24) is 19.9 Å². The number of carbonyl (C=O) groups is 1. The Morgan fingerprint density at radius 1 is 1.13 bits per heavy atom. The van der Waals surface area contributed by atoms with Crippen molar-refractivity contribution in [3.8, 4) is 17.3 Å². The molecule has 0 unspecified atom stereocenters. The van der Waals surface area contributed by atoms with Gasteiger partial charge < -0.3 is 10.1 Å². The molecule has 0 bridgehead atoms. The highest BCUT2D eigenvalue weighted by Gasteiger charge is 2.08. The molecule has 0 saturated heterocycles. The first-order valence-electron chi connectivity index (χ1n) is 9.47. The van der Waals surface area contributed by atoms with E-state index in [2.05, 4.69) is 15.3 Å². The van der Waals surface area contributed by atoms with E-state index in [0.29, 0.717) is 23.7 Å². The molecule has 156 valence electrons. The molecule has 2 heterocycles. The van der Waals surface area contributed by atoms with Gasteiger partial charge in [0.25, 0.3) is 5.91 Å². The Bertz CT molecular complexity index is 1180. The number of ether oxygens (including phenoxy) is 1. The Morgan fingerprint density at radius 2 is 1.97 bits per heavy atom. The Kier molecular flexibility index (Phi) is 6.28. The van der Waals surface area contributed by atoms with Crippen molar-refractivity contribution in [3.63, 3.8) is 0 Å². The summed E-state index contributed by atoms with van der Waals surface area (Å²) in [5.74, 6) is 0.166. The highest BCUT2D eigenvalue weighted by Crippen LogP contribution is 2.20. The smallest absolute Gasteiger partial charge is 0.251 e. The van der Waals surface area contributed by atoms with E-state index in [1.54, 1.807) is 60.6 Å². The number of benzene rings is 2. The van der Waals surface area contributed by atoms with E-state index in [0.717, 1.165) is 16.4 Å². The van der Waals surface area contributed by atoms with Crippen molar-refractivity contribution in [2.45, 2.75) is 11.7 Å². The summed E-state index contributed by atoms with van der Waals surface area (Å²) in [6.07, 6.45) is 7.21. The molecule has 0 aliphatic rings. The molecule has 4 rings (SSSR count). The monoisotopic (exact) mass is 434 g/mol. The molecule has 0 radical (unpaired) electrons. The maximum atomic E-state index is 13.2. The topological polar surface area (TPSA) is 69.0 Å². The van der Waals surface area contributed by atoms with Crippen molar-refractivity contribution >= 4 is 17.7 Å². The number of pyridine rings is 1. The average molecular weight is 434 g/mol. The van der Waals surface area contributed by atoms with Gasteiger partial charge in [0.15, 0.2) is 5.16 Å². The van der Waals surface area contributed by atoms with Crippen LogP contribution in [0.5, 0.6) is 11.6 Å². The third-order valence-corrected chi connectivity index (χ3v) is 5.13. The molecule has 0 aliphatic heterocycles. The van der Waals surface area contributed by atoms with Crippen LogP contribution in [0.25, 0.3) is 5.69 Å². The normalized spacial score (nSPS) is 10.6. The molecular formula is C23H19FN4O2S. The maximum absolute atomic E-state index is 13.2. The zero-order valence-corrected chi connectivity index (χ0v) is 17.5. The summed E-state index contributed by atoms with van der Waals surface area (Å²) in [5.41, 5.74) is 2.32. The number of aromatic nitrogens is 3. The Hall–Kier alpha value is -3.65. The molecule has 2 aromatic heterocycles. The maximum Gasteiger partial charge on any atom is 0.251 e. The van der Waals surface area contributed by atoms with E-state index in [9.17, 15) is 9.18 Å². The fourth-order valence-corrected chi connectivity index (χ4v) is 3.45. The molecule has 6 nitrogen and oxygen atoms in total. The van der Waals surface area contributed by atoms with E-state index < -0.39 is 0 Å². The molecule has 31 heavy (non-hydrogen) atoms. The number of imidazole rings is 1. The lowest BCUT2D eigenvalue weighted by Gasteiger charge is -2.09. The van der Waals surface area contributed by atoms with E-state index in [1.807, 2.05) is 29.2 Å². The molecule has 2 aromatic carbocycles. The van der Waals surface area contributed by atoms with Gasteiger partial charge in [-0.25, -0.2) is 14.4 Å². The minimum atomic E-state index is -0.375. The minimum absolute atomic E-state index is 0.178. The number of nitrogens with zero attached hydrogens (tertiary/aromatic N) is 3. The second-order valence-corrected chi connectivity index (χ2v) is 7.35. The van der Waals surface area contributed by atoms with Gasteiger partial charge in [-0.1, -0.05) is 23.9 Å². The van der Waals surface area contributed by atoms with Gasteiger partial charge in [0.05, 0.1) is 0 Å². The molecular weight excluding hydrogens is 415 g/mol. The molecule has 0 aliphatic carbocycles. The fraction of sp³-hybridized carbons (Fsp3) is 0.0870. The van der Waals surface area contributed by atoms with Gasteiger partial charge in [-0.2, -0.15) is 0 Å². The molecule has 1 N–H and O–H groups in total. The van der Waals surface area contributed by atoms with Gasteiger partial charge in [0.2, 0.25) is 5.88 Å². The summed E-state index contributed by atoms with van der Waals surface area (Å²) in [5, 5.41) is 3.76. The summed E-state index contributed by atoms with van der Waals surface area (Å²) in [6, 6.07) is 16.7. The predicted octanol–water partition coefficient (Wildman–Crippen LogP) is 4.85. The first kappa shape index (κ1) is 20.6. The van der Waals surface area contributed by atoms with Crippen LogP contribution in [0.2, 0.25) is 0 Å². The largest absolute Gasteiger partial charge is 0.439 e. The van der Waals surface area contributed by atoms with Gasteiger partial charge in [-0.15, -0.1) is 0 Å². The molecule has 0 spiro atoms. The number of hydrogen-bond donors (Lipinski definition) is 1. The first-order chi connectivity index (χ1) is 15.1. The summed E-state index contributed by atoms with van der Waals surface area (Å²) in [6.45, 7) is 0.325. The fourth-order valence-electron chi connectivity index (χ4n) is 2.92. The minimum Gasteiger partial charge on any atom is -0.439 e. The van der Waals surface area contributed by atoms with Crippen LogP contribution in [0.15, 0.2) is 84.4 Å². The third kappa shape index (κ3) is 5.10. The van der Waals surface area contributed by atoms with Crippen molar-refractivity contribution in [3.05, 3.63) is 96.2 Å². The molecule has 0 saturated carbocycles. The number of nitrogens with one attached hydrogen (secondary N) is 1. The second kappa shape index (κ2) is 9.44. The van der Waals surface area contributed by atoms with Crippen molar-refractivity contribution in [2.24, 2.45) is 0 Å². The van der Waals surface area contributed by atoms with Crippen LogP contribution in [-0.2, 0) is 6.54 Å². The molecule has 1 amide bonds. The van der Waals surface area contributed by atoms with E-state index in [1.165, 1.54) is 12.1 Å². The number of thioether (sulfide) groups is 1. The summed E-state index contributed by atoms with van der Waals surface area (Å²) in [4.78, 5) is 20.9.